The van der Waals surface area contributed by atoms with Gasteiger partial charge in [-0.3, -0.25) is 4.79 Å². The largest absolute Gasteiger partial charge is 0.508 e. The van der Waals surface area contributed by atoms with Gasteiger partial charge in [0.15, 0.2) is 5.78 Å². The smallest absolute Gasteiger partial charge is 0.186 e. The second-order valence-corrected chi connectivity index (χ2v) is 7.80. The number of hydrogen-bond acceptors (Lipinski definition) is 4. The molecule has 1 aliphatic rings. The van der Waals surface area contributed by atoms with Gasteiger partial charge >= 0.3 is 0 Å². The van der Waals surface area contributed by atoms with Gasteiger partial charge < -0.3 is 14.9 Å². The minimum absolute atomic E-state index is 0.100. The molecule has 1 unspecified atom stereocenters. The van der Waals surface area contributed by atoms with Crippen molar-refractivity contribution in [2.24, 2.45) is 0 Å². The zero-order valence-electron chi connectivity index (χ0n) is 16.5. The molecule has 0 spiro atoms. The van der Waals surface area contributed by atoms with Gasteiger partial charge in [-0.25, -0.2) is 0 Å². The van der Waals surface area contributed by atoms with Crippen LogP contribution in [0.5, 0.6) is 17.2 Å². The lowest BCUT2D eigenvalue weighted by Crippen LogP contribution is -2.36. The van der Waals surface area contributed by atoms with Gasteiger partial charge in [0, 0.05) is 17.5 Å². The number of allylic oxidation sites excluding steroid dienone is 2. The van der Waals surface area contributed by atoms with Crippen LogP contribution in [0.3, 0.4) is 0 Å². The van der Waals surface area contributed by atoms with E-state index < -0.39 is 0 Å². The van der Waals surface area contributed by atoms with Crippen molar-refractivity contribution in [3.63, 3.8) is 0 Å². The fourth-order valence-corrected chi connectivity index (χ4v) is 3.24. The molecule has 2 N–H and O–H groups in total. The Morgan fingerprint density at radius 2 is 1.89 bits per heavy atom. The monoisotopic (exact) mass is 378 g/mol. The molecule has 0 aliphatic carbocycles. The molecule has 28 heavy (non-hydrogen) atoms. The number of fused-ring (bicyclic) bond motifs is 1. The van der Waals surface area contributed by atoms with E-state index in [1.807, 2.05) is 0 Å². The van der Waals surface area contributed by atoms with Crippen molar-refractivity contribution in [2.75, 3.05) is 0 Å². The Morgan fingerprint density at radius 1 is 1.18 bits per heavy atom. The van der Waals surface area contributed by atoms with Gasteiger partial charge in [-0.15, -0.1) is 0 Å². The summed E-state index contributed by atoms with van der Waals surface area (Å²) in [6, 6.07) is 9.80. The van der Waals surface area contributed by atoms with Crippen molar-refractivity contribution in [1.82, 2.24) is 0 Å². The highest BCUT2D eigenvalue weighted by Gasteiger charge is 2.32. The van der Waals surface area contributed by atoms with Gasteiger partial charge in [-0.05, 0) is 69.5 Å². The Kier molecular flexibility index (Phi) is 5.59. The summed E-state index contributed by atoms with van der Waals surface area (Å²) in [6.07, 6.45) is 7.60. The van der Waals surface area contributed by atoms with E-state index in [2.05, 4.69) is 26.8 Å². The van der Waals surface area contributed by atoms with Gasteiger partial charge in [0.05, 0.1) is 0 Å². The van der Waals surface area contributed by atoms with E-state index in [0.717, 1.165) is 24.0 Å². The Hall–Kier alpha value is -3.01. The average molecular weight is 378 g/mol. The van der Waals surface area contributed by atoms with Crippen molar-refractivity contribution < 1.29 is 19.7 Å². The molecule has 3 rings (SSSR count). The number of phenols is 2. The Balaban J connectivity index is 1.82. The number of phenolic OH excluding ortho intramolecular Hbond substituents is 2. The second kappa shape index (κ2) is 7.93. The van der Waals surface area contributed by atoms with E-state index in [0.29, 0.717) is 17.7 Å². The first-order valence-corrected chi connectivity index (χ1v) is 9.45. The van der Waals surface area contributed by atoms with Gasteiger partial charge in [0.25, 0.3) is 0 Å². The summed E-state index contributed by atoms with van der Waals surface area (Å²) < 4.78 is 6.21. The summed E-state index contributed by atoms with van der Waals surface area (Å²) in [4.78, 5) is 12.6. The predicted molar refractivity (Wildman–Crippen MR) is 111 cm³/mol. The van der Waals surface area contributed by atoms with Crippen molar-refractivity contribution in [2.45, 2.75) is 45.6 Å². The van der Waals surface area contributed by atoms with Crippen LogP contribution in [0.2, 0.25) is 0 Å². The van der Waals surface area contributed by atoms with E-state index in [9.17, 15) is 15.0 Å². The summed E-state index contributed by atoms with van der Waals surface area (Å²) in [5.74, 6) is 0.642. The number of carbonyl (C=O) groups is 1. The maximum atomic E-state index is 12.6. The summed E-state index contributed by atoms with van der Waals surface area (Å²) >= 11 is 0. The van der Waals surface area contributed by atoms with E-state index in [1.165, 1.54) is 17.7 Å². The van der Waals surface area contributed by atoms with E-state index >= 15 is 0 Å². The van der Waals surface area contributed by atoms with Gasteiger partial charge in [0.1, 0.15) is 22.8 Å². The molecule has 0 radical (unpaired) electrons. The molecule has 2 aromatic carbocycles. The fourth-order valence-electron chi connectivity index (χ4n) is 3.24. The van der Waals surface area contributed by atoms with Gasteiger partial charge in [0.2, 0.25) is 0 Å². The van der Waals surface area contributed by atoms with Crippen LogP contribution in [0.25, 0.3) is 6.08 Å². The number of ether oxygens (including phenoxy) is 1. The maximum absolute atomic E-state index is 12.6. The zero-order chi connectivity index (χ0) is 20.3. The number of aromatic hydroxyl groups is 2. The summed E-state index contributed by atoms with van der Waals surface area (Å²) in [5, 5.41) is 19.7. The highest BCUT2D eigenvalue weighted by atomic mass is 16.5. The lowest BCUT2D eigenvalue weighted by Gasteiger charge is -2.35. The first-order chi connectivity index (χ1) is 13.3. The van der Waals surface area contributed by atoms with Crippen molar-refractivity contribution in [1.29, 1.82) is 0 Å². The van der Waals surface area contributed by atoms with Crippen LogP contribution in [0.1, 0.15) is 55.1 Å². The first-order valence-electron chi connectivity index (χ1n) is 9.45. The number of ketones is 1. The molecule has 1 atom stereocenters. The predicted octanol–water partition coefficient (Wildman–Crippen LogP) is 5.43. The SMILES string of the molecule is CC(C)=CCC1(C)CCc2c(O)cc(C(=O)C=Cc3ccc(O)cc3)cc2O1. The van der Waals surface area contributed by atoms with Gasteiger partial charge in [-0.2, -0.15) is 0 Å². The van der Waals surface area contributed by atoms with Crippen molar-refractivity contribution in [3.8, 4) is 17.2 Å². The highest BCUT2D eigenvalue weighted by molar-refractivity contribution is 6.07. The Morgan fingerprint density at radius 3 is 2.57 bits per heavy atom. The van der Waals surface area contributed by atoms with Crippen LogP contribution in [0.15, 0.2) is 54.1 Å². The van der Waals surface area contributed by atoms with Crippen LogP contribution >= 0.6 is 0 Å². The van der Waals surface area contributed by atoms with Gasteiger partial charge in [-0.1, -0.05) is 29.9 Å². The van der Waals surface area contributed by atoms with E-state index in [-0.39, 0.29) is 22.9 Å². The lowest BCUT2D eigenvalue weighted by molar-refractivity contribution is 0.0668. The molecule has 2 aromatic rings. The van der Waals surface area contributed by atoms with Crippen LogP contribution in [-0.2, 0) is 6.42 Å². The normalized spacial score (nSPS) is 18.4. The minimum atomic E-state index is -0.347. The third kappa shape index (κ3) is 4.63. The lowest BCUT2D eigenvalue weighted by atomic mass is 9.88. The second-order valence-electron chi connectivity index (χ2n) is 7.80. The van der Waals surface area contributed by atoms with Crippen LogP contribution < -0.4 is 4.74 Å². The molecular formula is C24H26O4. The molecule has 4 heteroatoms. The molecule has 0 bridgehead atoms. The summed E-state index contributed by atoms with van der Waals surface area (Å²) in [7, 11) is 0. The number of hydrogen-bond donors (Lipinski definition) is 2. The number of rotatable bonds is 5. The molecule has 0 fully saturated rings. The van der Waals surface area contributed by atoms with Crippen LogP contribution in [-0.4, -0.2) is 21.6 Å². The van der Waals surface area contributed by atoms with E-state index in [4.69, 9.17) is 4.74 Å². The quantitative estimate of drug-likeness (QED) is 0.413. The summed E-state index contributed by atoms with van der Waals surface area (Å²) in [6.45, 7) is 6.18. The van der Waals surface area contributed by atoms with Crippen molar-refractivity contribution >= 4 is 11.9 Å². The molecule has 0 saturated heterocycles. The average Bonchev–Trinajstić information content (AvgIpc) is 2.65. The fraction of sp³-hybridized carbons (Fsp3) is 0.292. The third-order valence-corrected chi connectivity index (χ3v) is 4.99. The van der Waals surface area contributed by atoms with Crippen LogP contribution in [0.4, 0.5) is 0 Å². The van der Waals surface area contributed by atoms with Crippen LogP contribution in [0, 0.1) is 0 Å². The Labute approximate surface area is 165 Å². The molecule has 1 aliphatic heterocycles. The van der Waals surface area contributed by atoms with Crippen molar-refractivity contribution in [3.05, 3.63) is 70.8 Å². The number of carbonyl (C=O) groups excluding carboxylic acids is 1. The molecule has 0 amide bonds. The minimum Gasteiger partial charge on any atom is -0.508 e. The zero-order valence-corrected chi connectivity index (χ0v) is 16.5. The molecule has 1 heterocycles. The Bertz CT molecular complexity index is 934. The first kappa shape index (κ1) is 19.7. The standard InChI is InChI=1S/C24H26O4/c1-16(2)10-12-24(3)13-11-20-22(27)14-18(15-23(20)28-24)21(26)9-6-17-4-7-19(25)8-5-17/h4-10,14-15,25,27H,11-13H2,1-3H3. The maximum Gasteiger partial charge on any atom is 0.186 e. The topological polar surface area (TPSA) is 66.8 Å². The van der Waals surface area contributed by atoms with E-state index in [1.54, 1.807) is 36.4 Å². The molecule has 0 saturated carbocycles. The number of benzene rings is 2. The summed E-state index contributed by atoms with van der Waals surface area (Å²) in [5.41, 5.74) is 2.84. The molecule has 146 valence electrons. The molecular weight excluding hydrogens is 352 g/mol. The molecule has 0 aromatic heterocycles. The highest BCUT2D eigenvalue weighted by Crippen LogP contribution is 2.40. The molecule has 4 nitrogen and oxygen atoms in total. The third-order valence-electron chi connectivity index (χ3n) is 4.99.